The molecule has 0 aliphatic heterocycles. The highest BCUT2D eigenvalue weighted by molar-refractivity contribution is 5.52. The maximum atomic E-state index is 4.34. The first kappa shape index (κ1) is 8.68. The summed E-state index contributed by atoms with van der Waals surface area (Å²) in [6, 6.07) is 1.89. The number of imidazole rings is 1. The summed E-state index contributed by atoms with van der Waals surface area (Å²) in [5.41, 5.74) is 5.58. The second-order valence-electron chi connectivity index (χ2n) is 3.13. The number of hydrogen-bond donors (Lipinski definition) is 1. The number of rotatable bonds is 2. The van der Waals surface area contributed by atoms with Crippen LogP contribution in [0, 0.1) is 13.8 Å². The van der Waals surface area contributed by atoms with E-state index in [-0.39, 0.29) is 0 Å². The minimum absolute atomic E-state index is 0.669. The fourth-order valence-electron chi connectivity index (χ4n) is 1.38. The van der Waals surface area contributed by atoms with Crippen molar-refractivity contribution in [3.8, 4) is 0 Å². The number of aromatic nitrogens is 3. The van der Waals surface area contributed by atoms with E-state index in [4.69, 9.17) is 0 Å². The Kier molecular flexibility index (Phi) is 1.92. The van der Waals surface area contributed by atoms with Gasteiger partial charge in [0.15, 0.2) is 11.5 Å². The smallest absolute Gasteiger partial charge is 0.167 e. The van der Waals surface area contributed by atoms with E-state index in [0.717, 1.165) is 16.9 Å². The predicted molar refractivity (Wildman–Crippen MR) is 55.6 cm³/mol. The van der Waals surface area contributed by atoms with Gasteiger partial charge in [-0.2, -0.15) is 5.10 Å². The normalized spacial score (nSPS) is 10.4. The maximum Gasteiger partial charge on any atom is 0.167 e. The third kappa shape index (κ3) is 1.32. The minimum Gasteiger partial charge on any atom is -0.261 e. The Morgan fingerprint density at radius 1 is 1.50 bits per heavy atom. The predicted octanol–water partition coefficient (Wildman–Crippen LogP) is 1.37. The molecule has 0 aliphatic rings. The molecule has 0 amide bonds. The molecular weight excluding hydrogens is 178 g/mol. The average molecular weight is 189 g/mol. The van der Waals surface area contributed by atoms with Crippen molar-refractivity contribution in [2.45, 2.75) is 13.8 Å². The van der Waals surface area contributed by atoms with Gasteiger partial charge in [0.2, 0.25) is 0 Å². The van der Waals surface area contributed by atoms with E-state index in [0.29, 0.717) is 5.82 Å². The molecule has 0 spiro atoms. The van der Waals surface area contributed by atoms with E-state index in [9.17, 15) is 0 Å². The van der Waals surface area contributed by atoms with Gasteiger partial charge in [-0.1, -0.05) is 0 Å². The van der Waals surface area contributed by atoms with Crippen molar-refractivity contribution >= 4 is 18.2 Å². The van der Waals surface area contributed by atoms with Gasteiger partial charge in [-0.15, -0.1) is 5.10 Å². The van der Waals surface area contributed by atoms with E-state index in [1.54, 1.807) is 4.52 Å². The quantitative estimate of drug-likeness (QED) is 0.573. The Balaban J connectivity index is 2.64. The monoisotopic (exact) mass is 189 g/mol. The van der Waals surface area contributed by atoms with Crippen LogP contribution in [0.1, 0.15) is 11.3 Å². The molecule has 0 unspecified atom stereocenters. The molecule has 2 rings (SSSR count). The molecule has 5 nitrogen and oxygen atoms in total. The van der Waals surface area contributed by atoms with Crippen LogP contribution >= 0.6 is 0 Å². The first-order valence-corrected chi connectivity index (χ1v) is 4.26. The van der Waals surface area contributed by atoms with Gasteiger partial charge < -0.3 is 0 Å². The number of hydrogen-bond acceptors (Lipinski definition) is 4. The molecule has 0 bridgehead atoms. The summed E-state index contributed by atoms with van der Waals surface area (Å²) in [5, 5.41) is 7.82. The molecule has 0 radical (unpaired) electrons. The fraction of sp³-hybridized carbons (Fsp3) is 0.222. The number of hydrazone groups is 1. The average Bonchev–Trinajstić information content (AvgIpc) is 2.47. The maximum absolute atomic E-state index is 4.34. The van der Waals surface area contributed by atoms with Gasteiger partial charge in [-0.25, -0.2) is 9.50 Å². The first-order valence-electron chi connectivity index (χ1n) is 4.26. The SMILES string of the molecule is C=NNc1cc(C)c2nc(C)cn2n1. The fourth-order valence-corrected chi connectivity index (χ4v) is 1.38. The van der Waals surface area contributed by atoms with Crippen molar-refractivity contribution in [1.82, 2.24) is 14.6 Å². The molecule has 2 aromatic heterocycles. The lowest BCUT2D eigenvalue weighted by molar-refractivity contribution is 0.925. The highest BCUT2D eigenvalue weighted by Crippen LogP contribution is 2.12. The van der Waals surface area contributed by atoms with Gasteiger partial charge in [0.25, 0.3) is 0 Å². The Hall–Kier alpha value is -1.91. The van der Waals surface area contributed by atoms with Crippen LogP contribution < -0.4 is 5.43 Å². The van der Waals surface area contributed by atoms with E-state index in [1.807, 2.05) is 26.1 Å². The molecule has 0 saturated heterocycles. The molecule has 0 atom stereocenters. The highest BCUT2D eigenvalue weighted by atomic mass is 15.4. The third-order valence-corrected chi connectivity index (χ3v) is 1.92. The Morgan fingerprint density at radius 3 is 3.00 bits per heavy atom. The first-order chi connectivity index (χ1) is 6.70. The van der Waals surface area contributed by atoms with E-state index in [1.165, 1.54) is 0 Å². The van der Waals surface area contributed by atoms with Crippen molar-refractivity contribution in [1.29, 1.82) is 0 Å². The van der Waals surface area contributed by atoms with Gasteiger partial charge in [-0.3, -0.25) is 5.43 Å². The van der Waals surface area contributed by atoms with E-state index < -0.39 is 0 Å². The molecule has 2 aromatic rings. The third-order valence-electron chi connectivity index (χ3n) is 1.92. The van der Waals surface area contributed by atoms with Gasteiger partial charge in [0, 0.05) is 6.72 Å². The minimum atomic E-state index is 0.669. The van der Waals surface area contributed by atoms with Crippen molar-refractivity contribution < 1.29 is 0 Å². The standard InChI is InChI=1S/C9H11N5/c1-6-4-8(12-10-3)13-14-5-7(2)11-9(6)14/h4-5H,3H2,1-2H3,(H,12,13). The Labute approximate surface area is 81.5 Å². The van der Waals surface area contributed by atoms with Crippen LogP contribution in [-0.4, -0.2) is 21.3 Å². The number of fused-ring (bicyclic) bond motifs is 1. The lowest BCUT2D eigenvalue weighted by atomic mass is 10.3. The Bertz CT molecular complexity index is 485. The second kappa shape index (κ2) is 3.10. The summed E-state index contributed by atoms with van der Waals surface area (Å²) in [6.07, 6.45) is 1.87. The molecule has 2 heterocycles. The van der Waals surface area contributed by atoms with Gasteiger partial charge in [-0.05, 0) is 25.5 Å². The zero-order valence-corrected chi connectivity index (χ0v) is 8.15. The van der Waals surface area contributed by atoms with Gasteiger partial charge in [0.1, 0.15) is 0 Å². The molecule has 0 aliphatic carbocycles. The van der Waals surface area contributed by atoms with Gasteiger partial charge in [0.05, 0.1) is 11.9 Å². The van der Waals surface area contributed by atoms with Crippen molar-refractivity contribution in [3.05, 3.63) is 23.5 Å². The van der Waals surface area contributed by atoms with E-state index in [2.05, 4.69) is 27.3 Å². The van der Waals surface area contributed by atoms with E-state index >= 15 is 0 Å². The largest absolute Gasteiger partial charge is 0.261 e. The van der Waals surface area contributed by atoms with Crippen LogP contribution in [0.15, 0.2) is 17.4 Å². The number of nitrogens with zero attached hydrogens (tertiary/aromatic N) is 4. The van der Waals surface area contributed by atoms with Crippen molar-refractivity contribution in [3.63, 3.8) is 0 Å². The molecule has 14 heavy (non-hydrogen) atoms. The Morgan fingerprint density at radius 2 is 2.29 bits per heavy atom. The van der Waals surface area contributed by atoms with Crippen LogP contribution in [-0.2, 0) is 0 Å². The summed E-state index contributed by atoms with van der Waals surface area (Å²) in [5.74, 6) is 0.669. The number of aryl methyl sites for hydroxylation is 2. The number of anilines is 1. The summed E-state index contributed by atoms with van der Waals surface area (Å²) < 4.78 is 1.73. The highest BCUT2D eigenvalue weighted by Gasteiger charge is 2.04. The summed E-state index contributed by atoms with van der Waals surface area (Å²) >= 11 is 0. The van der Waals surface area contributed by atoms with Crippen LogP contribution in [0.5, 0.6) is 0 Å². The molecule has 72 valence electrons. The molecular formula is C9H11N5. The molecule has 0 saturated carbocycles. The van der Waals surface area contributed by atoms with Crippen LogP contribution in [0.2, 0.25) is 0 Å². The number of nitrogens with one attached hydrogen (secondary N) is 1. The van der Waals surface area contributed by atoms with Gasteiger partial charge >= 0.3 is 0 Å². The molecule has 1 N–H and O–H groups in total. The van der Waals surface area contributed by atoms with Crippen LogP contribution in [0.3, 0.4) is 0 Å². The second-order valence-corrected chi connectivity index (χ2v) is 3.13. The van der Waals surface area contributed by atoms with Crippen LogP contribution in [0.4, 0.5) is 5.82 Å². The van der Waals surface area contributed by atoms with Crippen molar-refractivity contribution in [2.24, 2.45) is 5.10 Å². The molecule has 0 aromatic carbocycles. The topological polar surface area (TPSA) is 54.6 Å². The lowest BCUT2D eigenvalue weighted by Gasteiger charge is -2.01. The lowest BCUT2D eigenvalue weighted by Crippen LogP contribution is -1.98. The molecule has 0 fully saturated rings. The summed E-state index contributed by atoms with van der Waals surface area (Å²) in [6.45, 7) is 7.27. The zero-order valence-electron chi connectivity index (χ0n) is 8.15. The summed E-state index contributed by atoms with van der Waals surface area (Å²) in [4.78, 5) is 4.34. The van der Waals surface area contributed by atoms with Crippen molar-refractivity contribution in [2.75, 3.05) is 5.43 Å². The van der Waals surface area contributed by atoms with Crippen LogP contribution in [0.25, 0.3) is 5.65 Å². The zero-order chi connectivity index (χ0) is 10.1. The summed E-state index contributed by atoms with van der Waals surface area (Å²) in [7, 11) is 0. The molecule has 5 heteroatoms.